The number of benzene rings is 2. The fraction of sp³-hybridized carbons (Fsp3) is 0.345. The molecule has 1 aromatic heterocycles. The van der Waals surface area contributed by atoms with Gasteiger partial charge in [-0.05, 0) is 67.4 Å². The zero-order chi connectivity index (χ0) is 27.0. The molecule has 8 nitrogen and oxygen atoms in total. The SMILES string of the molecule is CCCCCCOc1ccc(OCCOc2c(Cl)cc(C=NNC(=O)c3ccncc3)cc2OCC)cc1. The summed E-state index contributed by atoms with van der Waals surface area (Å²) >= 11 is 6.47. The number of halogens is 1. The summed E-state index contributed by atoms with van der Waals surface area (Å²) in [6.45, 7) is 5.81. The number of nitrogens with one attached hydrogen (secondary N) is 1. The molecular weight excluding hydrogens is 506 g/mol. The average molecular weight is 540 g/mol. The predicted octanol–water partition coefficient (Wildman–Crippen LogP) is 6.31. The lowest BCUT2D eigenvalue weighted by Crippen LogP contribution is -2.17. The number of amides is 1. The number of pyridine rings is 1. The molecule has 1 heterocycles. The van der Waals surface area contributed by atoms with Crippen molar-refractivity contribution in [2.75, 3.05) is 26.4 Å². The average Bonchev–Trinajstić information content (AvgIpc) is 2.93. The van der Waals surface area contributed by atoms with E-state index in [4.69, 9.17) is 30.5 Å². The zero-order valence-electron chi connectivity index (χ0n) is 21.8. The summed E-state index contributed by atoms with van der Waals surface area (Å²) in [5.74, 6) is 2.11. The van der Waals surface area contributed by atoms with Gasteiger partial charge in [-0.3, -0.25) is 9.78 Å². The van der Waals surface area contributed by atoms with E-state index in [1.165, 1.54) is 25.5 Å². The molecule has 9 heteroatoms. The first-order chi connectivity index (χ1) is 18.6. The van der Waals surface area contributed by atoms with Crippen LogP contribution in [0.5, 0.6) is 23.0 Å². The van der Waals surface area contributed by atoms with Crippen molar-refractivity contribution in [2.24, 2.45) is 5.10 Å². The van der Waals surface area contributed by atoms with Gasteiger partial charge in [-0.1, -0.05) is 37.8 Å². The predicted molar refractivity (Wildman–Crippen MR) is 149 cm³/mol. The molecule has 3 aromatic rings. The first kappa shape index (κ1) is 28.8. The van der Waals surface area contributed by atoms with E-state index in [2.05, 4.69) is 22.4 Å². The first-order valence-corrected chi connectivity index (χ1v) is 13.2. The van der Waals surface area contributed by atoms with Gasteiger partial charge in [0.25, 0.3) is 5.91 Å². The minimum absolute atomic E-state index is 0.269. The van der Waals surface area contributed by atoms with E-state index in [-0.39, 0.29) is 12.5 Å². The standard InChI is InChI=1S/C29H34ClN3O5/c1-3-5-6-7-16-36-24-8-10-25(11-9-24)37-17-18-38-28-26(30)19-22(20-27(28)35-4-2)21-32-33-29(34)23-12-14-31-15-13-23/h8-15,19-21H,3-7,16-18H2,1-2H3,(H,33,34). The fourth-order valence-corrected chi connectivity index (χ4v) is 3.73. The third kappa shape index (κ3) is 9.59. The summed E-state index contributed by atoms with van der Waals surface area (Å²) < 4.78 is 23.1. The number of hydrogen-bond acceptors (Lipinski definition) is 7. The second-order valence-corrected chi connectivity index (χ2v) is 8.68. The van der Waals surface area contributed by atoms with Gasteiger partial charge < -0.3 is 18.9 Å². The highest BCUT2D eigenvalue weighted by atomic mass is 35.5. The molecule has 0 saturated carbocycles. The maximum Gasteiger partial charge on any atom is 0.271 e. The largest absolute Gasteiger partial charge is 0.494 e. The fourth-order valence-electron chi connectivity index (χ4n) is 3.45. The van der Waals surface area contributed by atoms with Gasteiger partial charge in [0.2, 0.25) is 0 Å². The lowest BCUT2D eigenvalue weighted by atomic mass is 10.2. The maximum absolute atomic E-state index is 12.1. The number of rotatable bonds is 16. The van der Waals surface area contributed by atoms with E-state index < -0.39 is 0 Å². The van der Waals surface area contributed by atoms with Crippen LogP contribution in [0.2, 0.25) is 5.02 Å². The molecule has 2 aromatic carbocycles. The van der Waals surface area contributed by atoms with Crippen molar-refractivity contribution in [3.63, 3.8) is 0 Å². The molecule has 0 bridgehead atoms. The number of hydrogen-bond donors (Lipinski definition) is 1. The molecule has 1 N–H and O–H groups in total. The summed E-state index contributed by atoms with van der Waals surface area (Å²) in [5, 5.41) is 4.36. The van der Waals surface area contributed by atoms with Crippen LogP contribution in [0.4, 0.5) is 0 Å². The number of ether oxygens (including phenoxy) is 4. The van der Waals surface area contributed by atoms with Crippen molar-refractivity contribution in [3.8, 4) is 23.0 Å². The molecule has 202 valence electrons. The molecule has 0 spiro atoms. The molecule has 1 amide bonds. The Morgan fingerprint density at radius 2 is 1.58 bits per heavy atom. The Morgan fingerprint density at radius 1 is 0.895 bits per heavy atom. The topological polar surface area (TPSA) is 91.3 Å². The van der Waals surface area contributed by atoms with Crippen LogP contribution in [0.3, 0.4) is 0 Å². The first-order valence-electron chi connectivity index (χ1n) is 12.8. The number of carbonyl (C=O) groups is 1. The van der Waals surface area contributed by atoms with Crippen LogP contribution in [0.25, 0.3) is 0 Å². The Hall–Kier alpha value is -3.78. The third-order valence-corrected chi connectivity index (χ3v) is 5.62. The van der Waals surface area contributed by atoms with Crippen molar-refractivity contribution in [3.05, 3.63) is 77.1 Å². The molecule has 0 fully saturated rings. The Labute approximate surface area is 228 Å². The Bertz CT molecular complexity index is 1160. The third-order valence-electron chi connectivity index (χ3n) is 5.34. The van der Waals surface area contributed by atoms with Crippen LogP contribution in [0.1, 0.15) is 55.5 Å². The van der Waals surface area contributed by atoms with Crippen LogP contribution in [0, 0.1) is 0 Å². The summed E-state index contributed by atoms with van der Waals surface area (Å²) in [7, 11) is 0. The highest BCUT2D eigenvalue weighted by Crippen LogP contribution is 2.36. The number of unbranched alkanes of at least 4 members (excludes halogenated alkanes) is 3. The lowest BCUT2D eigenvalue weighted by Gasteiger charge is -2.15. The number of carbonyl (C=O) groups excluding carboxylic acids is 1. The molecule has 0 aliphatic heterocycles. The molecular formula is C29H34ClN3O5. The van der Waals surface area contributed by atoms with Gasteiger partial charge in [-0.15, -0.1) is 0 Å². The number of hydrazone groups is 1. The molecule has 0 radical (unpaired) electrons. The molecule has 0 saturated heterocycles. The van der Waals surface area contributed by atoms with Crippen LogP contribution >= 0.6 is 11.6 Å². The quantitative estimate of drug-likeness (QED) is 0.130. The highest BCUT2D eigenvalue weighted by Gasteiger charge is 2.13. The van der Waals surface area contributed by atoms with Crippen LogP contribution in [-0.2, 0) is 0 Å². The van der Waals surface area contributed by atoms with Gasteiger partial charge in [-0.25, -0.2) is 5.43 Å². The van der Waals surface area contributed by atoms with Crippen LogP contribution in [-0.4, -0.2) is 43.5 Å². The van der Waals surface area contributed by atoms with Crippen LogP contribution in [0.15, 0.2) is 66.0 Å². The van der Waals surface area contributed by atoms with E-state index in [0.29, 0.717) is 40.9 Å². The van der Waals surface area contributed by atoms with Crippen molar-refractivity contribution < 1.29 is 23.7 Å². The van der Waals surface area contributed by atoms with Gasteiger partial charge in [0.05, 0.1) is 24.5 Å². The van der Waals surface area contributed by atoms with Gasteiger partial charge >= 0.3 is 0 Å². The Kier molecular flexibility index (Phi) is 12.2. The van der Waals surface area contributed by atoms with Gasteiger partial charge in [-0.2, -0.15) is 5.10 Å². The minimum atomic E-state index is -0.343. The van der Waals surface area contributed by atoms with E-state index >= 15 is 0 Å². The van der Waals surface area contributed by atoms with E-state index in [1.54, 1.807) is 36.7 Å². The smallest absolute Gasteiger partial charge is 0.271 e. The van der Waals surface area contributed by atoms with Crippen LogP contribution < -0.4 is 24.4 Å². The zero-order valence-corrected chi connectivity index (χ0v) is 22.6. The van der Waals surface area contributed by atoms with E-state index in [9.17, 15) is 4.79 Å². The Balaban J connectivity index is 1.49. The lowest BCUT2D eigenvalue weighted by molar-refractivity contribution is 0.0955. The maximum atomic E-state index is 12.1. The normalized spacial score (nSPS) is 10.8. The number of aromatic nitrogens is 1. The molecule has 38 heavy (non-hydrogen) atoms. The summed E-state index contributed by atoms with van der Waals surface area (Å²) in [4.78, 5) is 16.0. The highest BCUT2D eigenvalue weighted by molar-refractivity contribution is 6.32. The summed E-state index contributed by atoms with van der Waals surface area (Å²) in [6, 6.07) is 14.2. The summed E-state index contributed by atoms with van der Waals surface area (Å²) in [6.07, 6.45) is 9.27. The molecule has 0 unspecified atom stereocenters. The van der Waals surface area contributed by atoms with E-state index in [0.717, 1.165) is 24.5 Å². The van der Waals surface area contributed by atoms with Gasteiger partial charge in [0.1, 0.15) is 24.7 Å². The van der Waals surface area contributed by atoms with Crippen molar-refractivity contribution >= 4 is 23.7 Å². The van der Waals surface area contributed by atoms with Gasteiger partial charge in [0.15, 0.2) is 11.5 Å². The summed E-state index contributed by atoms with van der Waals surface area (Å²) in [5.41, 5.74) is 3.57. The monoisotopic (exact) mass is 539 g/mol. The molecule has 3 rings (SSSR count). The second-order valence-electron chi connectivity index (χ2n) is 8.28. The number of nitrogens with zero attached hydrogens (tertiary/aromatic N) is 2. The second kappa shape index (κ2) is 16.1. The van der Waals surface area contributed by atoms with Crippen molar-refractivity contribution in [1.82, 2.24) is 10.4 Å². The molecule has 0 aliphatic carbocycles. The van der Waals surface area contributed by atoms with Crippen molar-refractivity contribution in [2.45, 2.75) is 39.5 Å². The van der Waals surface area contributed by atoms with Crippen molar-refractivity contribution in [1.29, 1.82) is 0 Å². The molecule has 0 aliphatic rings. The minimum Gasteiger partial charge on any atom is -0.494 e. The molecule has 0 atom stereocenters. The van der Waals surface area contributed by atoms with Gasteiger partial charge in [0, 0.05) is 18.0 Å². The Morgan fingerprint density at radius 3 is 2.26 bits per heavy atom. The van der Waals surface area contributed by atoms with E-state index in [1.807, 2.05) is 31.2 Å².